The first-order chi connectivity index (χ1) is 6.63. The average molecular weight is 214 g/mol. The molecule has 0 fully saturated rings. The second-order valence-corrected chi connectivity index (χ2v) is 3.76. The maximum absolute atomic E-state index is 6.02. The van der Waals surface area contributed by atoms with E-state index in [2.05, 4.69) is 15.2 Å². The highest BCUT2D eigenvalue weighted by atomic mass is 35.5. The van der Waals surface area contributed by atoms with Crippen LogP contribution in [-0.4, -0.2) is 26.4 Å². The zero-order valence-corrected chi connectivity index (χ0v) is 8.84. The first kappa shape index (κ1) is 9.48. The number of rotatable bonds is 2. The van der Waals surface area contributed by atoms with Crippen molar-refractivity contribution in [2.45, 2.75) is 19.8 Å². The third kappa shape index (κ3) is 1.29. The van der Waals surface area contributed by atoms with Crippen LogP contribution in [0.3, 0.4) is 0 Å². The number of fused-ring (bicyclic) bond motifs is 1. The molecule has 14 heavy (non-hydrogen) atoms. The number of aromatic amines is 1. The molecule has 5 nitrogen and oxygen atoms in total. The van der Waals surface area contributed by atoms with Gasteiger partial charge in [0.2, 0.25) is 0 Å². The first-order valence-corrected chi connectivity index (χ1v) is 4.82. The van der Waals surface area contributed by atoms with Crippen LogP contribution in [0.15, 0.2) is 0 Å². The molecule has 0 aliphatic heterocycles. The lowest BCUT2D eigenvalue weighted by atomic mass is 10.2. The molecule has 2 heterocycles. The van der Waals surface area contributed by atoms with Crippen LogP contribution < -0.4 is 5.73 Å². The Bertz CT molecular complexity index is 457. The third-order valence-electron chi connectivity index (χ3n) is 2.24. The summed E-state index contributed by atoms with van der Waals surface area (Å²) >= 11 is 6.02. The van der Waals surface area contributed by atoms with Gasteiger partial charge in [-0.2, -0.15) is 5.10 Å². The van der Waals surface area contributed by atoms with Crippen LogP contribution in [0, 0.1) is 6.92 Å². The summed E-state index contributed by atoms with van der Waals surface area (Å²) in [7, 11) is 0. The topological polar surface area (TPSA) is 72.0 Å². The number of hydrogen-bond donors (Lipinski definition) is 2. The molecule has 0 bridgehead atoms. The third-order valence-corrected chi connectivity index (χ3v) is 2.69. The highest BCUT2D eigenvalue weighted by Crippen LogP contribution is 2.20. The van der Waals surface area contributed by atoms with Crippen molar-refractivity contribution in [3.8, 4) is 0 Å². The van der Waals surface area contributed by atoms with Crippen molar-refractivity contribution in [3.05, 3.63) is 16.5 Å². The Morgan fingerprint density at radius 3 is 2.86 bits per heavy atom. The molecule has 0 radical (unpaired) electrons. The second-order valence-electron chi connectivity index (χ2n) is 3.38. The first-order valence-electron chi connectivity index (χ1n) is 4.44. The molecule has 3 N–H and O–H groups in total. The molecule has 0 amide bonds. The Morgan fingerprint density at radius 1 is 1.57 bits per heavy atom. The molecular formula is C8H12ClN5. The number of aromatic nitrogens is 4. The van der Waals surface area contributed by atoms with E-state index in [1.54, 1.807) is 0 Å². The summed E-state index contributed by atoms with van der Waals surface area (Å²) in [6.07, 6.45) is 0. The summed E-state index contributed by atoms with van der Waals surface area (Å²) < 4.78 is 1.51. The molecule has 0 aliphatic carbocycles. The van der Waals surface area contributed by atoms with Crippen molar-refractivity contribution in [1.29, 1.82) is 0 Å². The van der Waals surface area contributed by atoms with E-state index in [1.807, 2.05) is 13.8 Å². The average Bonchev–Trinajstić information content (AvgIpc) is 2.68. The predicted octanol–water partition coefficient (Wildman–Crippen LogP) is 1.08. The maximum Gasteiger partial charge on any atom is 0.174 e. The number of hydrogen-bond acceptors (Lipinski definition) is 3. The Morgan fingerprint density at radius 2 is 2.29 bits per heavy atom. The van der Waals surface area contributed by atoms with Crippen molar-refractivity contribution in [1.82, 2.24) is 19.8 Å². The van der Waals surface area contributed by atoms with Gasteiger partial charge in [0, 0.05) is 12.5 Å². The number of nitrogens with two attached hydrogens (primary N) is 1. The molecule has 2 aromatic heterocycles. The van der Waals surface area contributed by atoms with E-state index in [0.717, 1.165) is 17.2 Å². The highest BCUT2D eigenvalue weighted by Gasteiger charge is 2.14. The normalized spacial score (nSPS) is 13.7. The number of aryl methyl sites for hydroxylation is 1. The van der Waals surface area contributed by atoms with E-state index < -0.39 is 0 Å². The van der Waals surface area contributed by atoms with E-state index in [9.17, 15) is 0 Å². The summed E-state index contributed by atoms with van der Waals surface area (Å²) in [4.78, 5) is 3.11. The van der Waals surface area contributed by atoms with Crippen LogP contribution in [0.1, 0.15) is 24.4 Å². The van der Waals surface area contributed by atoms with E-state index in [4.69, 9.17) is 17.3 Å². The minimum Gasteiger partial charge on any atom is -0.330 e. The van der Waals surface area contributed by atoms with Gasteiger partial charge in [-0.15, -0.1) is 9.73 Å². The predicted molar refractivity (Wildman–Crippen MR) is 54.6 cm³/mol. The van der Waals surface area contributed by atoms with E-state index in [1.165, 1.54) is 4.63 Å². The van der Waals surface area contributed by atoms with Gasteiger partial charge in [-0.1, -0.05) is 18.5 Å². The summed E-state index contributed by atoms with van der Waals surface area (Å²) in [5, 5.41) is 9.02. The standard InChI is InChI=1S/C8H12ClN5/c1-4(3-10)7-11-8-6(9)5(2)12-14(8)13-7/h4H,3,10H2,1-2H3,(H,11,13). The van der Waals surface area contributed by atoms with Gasteiger partial charge in [0.1, 0.15) is 10.8 Å². The largest absolute Gasteiger partial charge is 0.330 e. The number of H-pyrrole nitrogens is 1. The Balaban J connectivity index is 2.53. The lowest BCUT2D eigenvalue weighted by Gasteiger charge is -2.01. The molecule has 0 aromatic carbocycles. The molecule has 0 saturated heterocycles. The molecule has 6 heteroatoms. The summed E-state index contributed by atoms with van der Waals surface area (Å²) in [5.74, 6) is 1.00. The van der Waals surface area contributed by atoms with Crippen LogP contribution in [0.25, 0.3) is 5.65 Å². The van der Waals surface area contributed by atoms with E-state index in [-0.39, 0.29) is 5.92 Å². The fraction of sp³-hybridized carbons (Fsp3) is 0.500. The highest BCUT2D eigenvalue weighted by molar-refractivity contribution is 6.34. The summed E-state index contributed by atoms with van der Waals surface area (Å²) in [6.45, 7) is 4.39. The minimum absolute atomic E-state index is 0.188. The fourth-order valence-electron chi connectivity index (χ4n) is 1.25. The zero-order chi connectivity index (χ0) is 10.3. The van der Waals surface area contributed by atoms with Gasteiger partial charge in [-0.25, -0.2) is 0 Å². The molecule has 0 aliphatic rings. The molecule has 0 spiro atoms. The van der Waals surface area contributed by atoms with Gasteiger partial charge < -0.3 is 10.7 Å². The van der Waals surface area contributed by atoms with Crippen LogP contribution in [-0.2, 0) is 0 Å². The SMILES string of the molecule is Cc1nn2nc(C(C)CN)[nH]c2c1Cl. The molecule has 1 atom stereocenters. The van der Waals surface area contributed by atoms with Gasteiger partial charge in [-0.3, -0.25) is 0 Å². The Labute approximate surface area is 86.2 Å². The van der Waals surface area contributed by atoms with Crippen molar-refractivity contribution >= 4 is 17.2 Å². The van der Waals surface area contributed by atoms with Crippen molar-refractivity contribution in [2.75, 3.05) is 6.54 Å². The van der Waals surface area contributed by atoms with Crippen LogP contribution in [0.2, 0.25) is 5.02 Å². The fourth-order valence-corrected chi connectivity index (χ4v) is 1.41. The molecule has 2 aromatic rings. The molecule has 2 rings (SSSR count). The Hall–Kier alpha value is -1.07. The summed E-state index contributed by atoms with van der Waals surface area (Å²) in [5.41, 5.74) is 7.05. The lowest BCUT2D eigenvalue weighted by molar-refractivity contribution is 0.687. The van der Waals surface area contributed by atoms with Crippen molar-refractivity contribution in [2.24, 2.45) is 5.73 Å². The molecule has 76 valence electrons. The quantitative estimate of drug-likeness (QED) is 0.784. The van der Waals surface area contributed by atoms with Crippen molar-refractivity contribution < 1.29 is 0 Å². The van der Waals surface area contributed by atoms with Crippen LogP contribution >= 0.6 is 11.6 Å². The van der Waals surface area contributed by atoms with Crippen LogP contribution in [0.5, 0.6) is 0 Å². The lowest BCUT2D eigenvalue weighted by Crippen LogP contribution is -2.10. The number of halogens is 1. The maximum atomic E-state index is 6.02. The van der Waals surface area contributed by atoms with Gasteiger partial charge in [-0.05, 0) is 6.92 Å². The van der Waals surface area contributed by atoms with Gasteiger partial charge >= 0.3 is 0 Å². The van der Waals surface area contributed by atoms with E-state index >= 15 is 0 Å². The van der Waals surface area contributed by atoms with Crippen LogP contribution in [0.4, 0.5) is 0 Å². The smallest absolute Gasteiger partial charge is 0.174 e. The second kappa shape index (κ2) is 3.25. The number of nitrogens with zero attached hydrogens (tertiary/aromatic N) is 3. The zero-order valence-electron chi connectivity index (χ0n) is 8.08. The minimum atomic E-state index is 0.188. The van der Waals surface area contributed by atoms with Gasteiger partial charge in [0.25, 0.3) is 0 Å². The van der Waals surface area contributed by atoms with E-state index in [0.29, 0.717) is 11.6 Å². The molecule has 0 saturated carbocycles. The van der Waals surface area contributed by atoms with Crippen molar-refractivity contribution in [3.63, 3.8) is 0 Å². The number of nitrogens with one attached hydrogen (secondary N) is 1. The molecular weight excluding hydrogens is 202 g/mol. The Kier molecular flexibility index (Phi) is 2.20. The van der Waals surface area contributed by atoms with Gasteiger partial charge in [0.05, 0.1) is 5.69 Å². The monoisotopic (exact) mass is 213 g/mol. The molecule has 1 unspecified atom stereocenters. The van der Waals surface area contributed by atoms with Gasteiger partial charge in [0.15, 0.2) is 5.65 Å². The summed E-state index contributed by atoms with van der Waals surface area (Å²) in [6, 6.07) is 0.